The number of hydrogen-bond donors (Lipinski definition) is 3. The van der Waals surface area contributed by atoms with Gasteiger partial charge >= 0.3 is 0 Å². The molecule has 0 spiro atoms. The first-order valence-electron chi connectivity index (χ1n) is 9.94. The maximum atomic E-state index is 13.2. The highest BCUT2D eigenvalue weighted by Crippen LogP contribution is 2.27. The molecule has 8 nitrogen and oxygen atoms in total. The van der Waals surface area contributed by atoms with Crippen LogP contribution in [-0.2, 0) is 10.0 Å². The van der Waals surface area contributed by atoms with Crippen molar-refractivity contribution in [3.05, 3.63) is 79.8 Å². The Hall–Kier alpha value is -2.13. The number of halogens is 2. The number of fused-ring (bicyclic) bond motifs is 1. The van der Waals surface area contributed by atoms with Gasteiger partial charge in [-0.1, -0.05) is 34.1 Å². The van der Waals surface area contributed by atoms with E-state index in [1.807, 2.05) is 28.7 Å². The molecule has 0 aliphatic rings. The Labute approximate surface area is 222 Å². The summed E-state index contributed by atoms with van der Waals surface area (Å²) in [4.78, 5) is 13.1. The number of aromatic nitrogens is 2. The minimum atomic E-state index is -4.06. The van der Waals surface area contributed by atoms with E-state index in [4.69, 9.17) is 0 Å². The van der Waals surface area contributed by atoms with Gasteiger partial charge in [-0.25, -0.2) is 8.42 Å². The summed E-state index contributed by atoms with van der Waals surface area (Å²) in [6.07, 6.45) is -0.958. The topological polar surface area (TPSA) is 121 Å². The van der Waals surface area contributed by atoms with Gasteiger partial charge in [-0.3, -0.25) is 9.52 Å². The normalized spacial score (nSPS) is 13.4. The lowest BCUT2D eigenvalue weighted by molar-refractivity contribution is 0.0853. The molecule has 34 heavy (non-hydrogen) atoms. The second-order valence-corrected chi connectivity index (χ2v) is 11.8. The Morgan fingerprint density at radius 3 is 2.65 bits per heavy atom. The minimum Gasteiger partial charge on any atom is -0.386 e. The first-order chi connectivity index (χ1) is 16.2. The number of rotatable bonds is 7. The van der Waals surface area contributed by atoms with E-state index in [1.165, 1.54) is 12.1 Å². The summed E-state index contributed by atoms with van der Waals surface area (Å²) in [5.41, 5.74) is 1.62. The lowest BCUT2D eigenvalue weighted by Gasteiger charge is -2.22. The van der Waals surface area contributed by atoms with Gasteiger partial charge in [-0.05, 0) is 77.5 Å². The second kappa shape index (κ2) is 10.2. The zero-order chi connectivity index (χ0) is 24.5. The van der Waals surface area contributed by atoms with Crippen LogP contribution in [0.4, 0.5) is 5.69 Å². The molecular weight excluding hydrogens is 655 g/mol. The molecule has 0 unspecified atom stereocenters. The van der Waals surface area contributed by atoms with E-state index in [-0.39, 0.29) is 21.7 Å². The maximum absolute atomic E-state index is 13.2. The molecule has 12 heteroatoms. The van der Waals surface area contributed by atoms with Gasteiger partial charge in [-0.2, -0.15) is 8.75 Å². The van der Waals surface area contributed by atoms with Crippen LogP contribution in [-0.4, -0.2) is 34.2 Å². The van der Waals surface area contributed by atoms with Crippen LogP contribution in [0.3, 0.4) is 0 Å². The predicted molar refractivity (Wildman–Crippen MR) is 143 cm³/mol. The van der Waals surface area contributed by atoms with Crippen LogP contribution >= 0.6 is 50.2 Å². The highest BCUT2D eigenvalue weighted by Gasteiger charge is 2.25. The average Bonchev–Trinajstić information content (AvgIpc) is 3.27. The van der Waals surface area contributed by atoms with Gasteiger partial charge in [0.25, 0.3) is 15.9 Å². The largest absolute Gasteiger partial charge is 0.386 e. The predicted octanol–water partition coefficient (Wildman–Crippen LogP) is 4.71. The van der Waals surface area contributed by atoms with E-state index in [2.05, 4.69) is 34.7 Å². The molecule has 0 bridgehead atoms. The molecule has 2 atom stereocenters. The van der Waals surface area contributed by atoms with Crippen molar-refractivity contribution in [1.29, 1.82) is 0 Å². The van der Waals surface area contributed by atoms with Crippen LogP contribution in [0, 0.1) is 3.57 Å². The maximum Gasteiger partial charge on any atom is 0.264 e. The van der Waals surface area contributed by atoms with Crippen molar-refractivity contribution >= 4 is 82.9 Å². The number of hydrogen-bond acceptors (Lipinski definition) is 7. The van der Waals surface area contributed by atoms with Gasteiger partial charge in [0.2, 0.25) is 0 Å². The number of nitrogens with zero attached hydrogens (tertiary/aromatic N) is 2. The third-order valence-electron chi connectivity index (χ3n) is 5.03. The Bertz CT molecular complexity index is 1480. The molecule has 176 valence electrons. The molecule has 0 aliphatic heterocycles. The van der Waals surface area contributed by atoms with Crippen molar-refractivity contribution in [1.82, 2.24) is 14.1 Å². The summed E-state index contributed by atoms with van der Waals surface area (Å²) in [7, 11) is -4.06. The van der Waals surface area contributed by atoms with Crippen molar-refractivity contribution in [3.63, 3.8) is 0 Å². The van der Waals surface area contributed by atoms with Crippen molar-refractivity contribution < 1.29 is 18.3 Å². The molecule has 0 saturated carbocycles. The zero-order valence-corrected chi connectivity index (χ0v) is 22.9. The summed E-state index contributed by atoms with van der Waals surface area (Å²) >= 11 is 6.34. The van der Waals surface area contributed by atoms with Crippen LogP contribution in [0.5, 0.6) is 0 Å². The Morgan fingerprint density at radius 2 is 1.88 bits per heavy atom. The van der Waals surface area contributed by atoms with E-state index in [9.17, 15) is 18.3 Å². The van der Waals surface area contributed by atoms with Crippen LogP contribution in [0.25, 0.3) is 11.0 Å². The molecule has 0 aliphatic carbocycles. The molecule has 0 saturated heterocycles. The zero-order valence-electron chi connectivity index (χ0n) is 17.6. The fourth-order valence-electron chi connectivity index (χ4n) is 3.34. The third-order valence-corrected chi connectivity index (χ3v) is 8.14. The lowest BCUT2D eigenvalue weighted by Crippen LogP contribution is -2.37. The molecule has 0 fully saturated rings. The van der Waals surface area contributed by atoms with Crippen molar-refractivity contribution in [2.45, 2.75) is 24.0 Å². The molecule has 1 heterocycles. The number of amides is 1. The summed E-state index contributed by atoms with van der Waals surface area (Å²) in [5, 5.41) is 13.4. The monoisotopic (exact) mass is 672 g/mol. The average molecular weight is 673 g/mol. The highest BCUT2D eigenvalue weighted by atomic mass is 127. The number of aliphatic hydroxyl groups excluding tert-OH is 1. The van der Waals surface area contributed by atoms with Crippen molar-refractivity contribution in [2.75, 3.05) is 4.72 Å². The van der Waals surface area contributed by atoms with E-state index in [1.54, 1.807) is 49.4 Å². The minimum absolute atomic E-state index is 0.0255. The molecule has 0 radical (unpaired) electrons. The second-order valence-electron chi connectivity index (χ2n) is 7.45. The molecule has 4 aromatic rings. The third kappa shape index (κ3) is 5.40. The van der Waals surface area contributed by atoms with Crippen molar-refractivity contribution in [3.8, 4) is 0 Å². The summed E-state index contributed by atoms with van der Waals surface area (Å²) < 4.78 is 38.6. The van der Waals surface area contributed by atoms with Crippen LogP contribution < -0.4 is 10.0 Å². The van der Waals surface area contributed by atoms with Gasteiger partial charge in [0.05, 0.1) is 35.1 Å². The van der Waals surface area contributed by atoms with Gasteiger partial charge in [0.1, 0.15) is 15.9 Å². The quantitative estimate of drug-likeness (QED) is 0.245. The van der Waals surface area contributed by atoms with E-state index < -0.39 is 28.1 Å². The first-order valence-corrected chi connectivity index (χ1v) is 14.0. The molecule has 4 rings (SSSR count). The summed E-state index contributed by atoms with van der Waals surface area (Å²) in [6, 6.07) is 16.0. The number of aliphatic hydroxyl groups is 1. The number of nitrogens with one attached hydrogen (secondary N) is 2. The Kier molecular flexibility index (Phi) is 7.52. The van der Waals surface area contributed by atoms with Crippen LogP contribution in [0.15, 0.2) is 70.0 Å². The standard InChI is InChI=1S/C22H18BrIN4O4S2/c1-12(21(29)13-4-2-5-14(23)10-13)25-22(30)16-9-8-15(24)11-18(16)28-34(31,32)19-7-3-6-17-20(19)27-33-26-17/h2-12,21,28-29H,1H3,(H,25,30)/t12-,21-/m1/s1. The number of sulfonamides is 1. The van der Waals surface area contributed by atoms with E-state index in [0.29, 0.717) is 11.1 Å². The number of benzene rings is 3. The molecule has 1 aromatic heterocycles. The number of anilines is 1. The number of carbonyl (C=O) groups is 1. The fraction of sp³-hybridized carbons (Fsp3) is 0.136. The van der Waals surface area contributed by atoms with E-state index >= 15 is 0 Å². The van der Waals surface area contributed by atoms with E-state index in [0.717, 1.165) is 19.8 Å². The lowest BCUT2D eigenvalue weighted by atomic mass is 10.0. The molecule has 3 aromatic carbocycles. The van der Waals surface area contributed by atoms with Crippen LogP contribution in [0.1, 0.15) is 28.9 Å². The van der Waals surface area contributed by atoms with Crippen LogP contribution in [0.2, 0.25) is 0 Å². The molecule has 3 N–H and O–H groups in total. The van der Waals surface area contributed by atoms with Gasteiger partial charge in [0.15, 0.2) is 0 Å². The van der Waals surface area contributed by atoms with Gasteiger partial charge in [0, 0.05) is 8.04 Å². The Morgan fingerprint density at radius 1 is 1.12 bits per heavy atom. The fourth-order valence-corrected chi connectivity index (χ4v) is 6.09. The summed E-state index contributed by atoms with van der Waals surface area (Å²) in [6.45, 7) is 1.68. The molecule has 1 amide bonds. The van der Waals surface area contributed by atoms with Crippen molar-refractivity contribution in [2.24, 2.45) is 0 Å². The summed E-state index contributed by atoms with van der Waals surface area (Å²) in [5.74, 6) is -0.524. The Balaban J connectivity index is 1.60. The smallest absolute Gasteiger partial charge is 0.264 e. The molecular formula is C22H18BrIN4O4S2. The van der Waals surface area contributed by atoms with Gasteiger partial charge in [-0.15, -0.1) is 0 Å². The highest BCUT2D eigenvalue weighted by molar-refractivity contribution is 14.1. The van der Waals surface area contributed by atoms with Gasteiger partial charge < -0.3 is 10.4 Å². The SMILES string of the molecule is C[C@@H](NC(=O)c1ccc(I)cc1NS(=O)(=O)c1cccc2nsnc12)[C@@H](O)c1cccc(Br)c1. The number of carbonyl (C=O) groups excluding carboxylic acids is 1. The first kappa shape index (κ1) is 25.0.